The summed E-state index contributed by atoms with van der Waals surface area (Å²) in [6.45, 7) is 1.57. The highest BCUT2D eigenvalue weighted by Gasteiger charge is 2.26. The first-order valence-electron chi connectivity index (χ1n) is 12.7. The summed E-state index contributed by atoms with van der Waals surface area (Å²) in [5, 5.41) is 2.11. The van der Waals surface area contributed by atoms with Gasteiger partial charge in [0.1, 0.15) is 0 Å². The van der Waals surface area contributed by atoms with Crippen LogP contribution in [0.4, 0.5) is 5.69 Å². The lowest BCUT2D eigenvalue weighted by molar-refractivity contribution is 0.0730. The molecule has 2 fully saturated rings. The van der Waals surface area contributed by atoms with Crippen LogP contribution in [0.15, 0.2) is 51.7 Å². The van der Waals surface area contributed by atoms with Gasteiger partial charge in [-0.15, -0.1) is 11.3 Å². The molecule has 1 aliphatic heterocycles. The minimum Gasteiger partial charge on any atom is -0.493 e. The number of sulfonamides is 1. The summed E-state index contributed by atoms with van der Waals surface area (Å²) >= 11 is 1.57. The highest BCUT2D eigenvalue weighted by atomic mass is 32.2. The van der Waals surface area contributed by atoms with E-state index in [0.717, 1.165) is 28.9 Å². The van der Waals surface area contributed by atoms with E-state index in [2.05, 4.69) is 9.95 Å². The Morgan fingerprint density at radius 3 is 2.16 bits per heavy atom. The Kier molecular flexibility index (Phi) is 8.08. The molecule has 2 heterocycles. The maximum absolute atomic E-state index is 13.0. The zero-order chi connectivity index (χ0) is 26.7. The Bertz CT molecular complexity index is 1410. The molecule has 1 saturated heterocycles. The molecule has 0 unspecified atom stereocenters. The quantitative estimate of drug-likeness (QED) is 0.400. The van der Waals surface area contributed by atoms with Gasteiger partial charge in [0.2, 0.25) is 15.8 Å². The van der Waals surface area contributed by atoms with Crippen molar-refractivity contribution in [2.45, 2.75) is 36.6 Å². The van der Waals surface area contributed by atoms with E-state index in [4.69, 9.17) is 23.9 Å². The van der Waals surface area contributed by atoms with Gasteiger partial charge in [0, 0.05) is 30.1 Å². The first kappa shape index (κ1) is 26.7. The Labute approximate surface area is 227 Å². The zero-order valence-corrected chi connectivity index (χ0v) is 23.5. The first-order valence-corrected chi connectivity index (χ1v) is 15.0. The fraction of sp³-hybridized carbons (Fsp3) is 0.444. The Morgan fingerprint density at radius 2 is 1.58 bits per heavy atom. The Morgan fingerprint density at radius 1 is 0.947 bits per heavy atom. The first-order chi connectivity index (χ1) is 18.5. The van der Waals surface area contributed by atoms with E-state index >= 15 is 0 Å². The van der Waals surface area contributed by atoms with Crippen LogP contribution in [0.25, 0.3) is 11.3 Å². The van der Waals surface area contributed by atoms with Crippen LogP contribution in [-0.4, -0.2) is 64.9 Å². The number of hydrogen-bond donors (Lipinski definition) is 0. The van der Waals surface area contributed by atoms with Crippen molar-refractivity contribution in [3.8, 4) is 28.5 Å². The van der Waals surface area contributed by atoms with Gasteiger partial charge < -0.3 is 23.5 Å². The second-order valence-electron chi connectivity index (χ2n) is 9.25. The van der Waals surface area contributed by atoms with Crippen LogP contribution in [0, 0.1) is 0 Å². The van der Waals surface area contributed by atoms with Gasteiger partial charge in [0.05, 0.1) is 50.8 Å². The highest BCUT2D eigenvalue weighted by Crippen LogP contribution is 2.42. The van der Waals surface area contributed by atoms with Crippen LogP contribution in [0.5, 0.6) is 17.2 Å². The molecule has 3 aromatic rings. The molecule has 1 aromatic heterocycles. The number of rotatable bonds is 8. The molecule has 1 saturated carbocycles. The molecule has 2 aliphatic rings. The highest BCUT2D eigenvalue weighted by molar-refractivity contribution is 7.89. The summed E-state index contributed by atoms with van der Waals surface area (Å²) in [6, 6.07) is 11.1. The van der Waals surface area contributed by atoms with Crippen LogP contribution in [-0.2, 0) is 14.8 Å². The second-order valence-corrected chi connectivity index (χ2v) is 12.0. The normalized spacial score (nSPS) is 17.6. The summed E-state index contributed by atoms with van der Waals surface area (Å²) < 4.78 is 51.8. The molecule has 2 aromatic carbocycles. The maximum Gasteiger partial charge on any atom is 0.243 e. The largest absolute Gasteiger partial charge is 0.493 e. The summed E-state index contributed by atoms with van der Waals surface area (Å²) in [6.07, 6.45) is 4.52. The fourth-order valence-corrected chi connectivity index (χ4v) is 7.49. The lowest BCUT2D eigenvalue weighted by Crippen LogP contribution is -2.40. The van der Waals surface area contributed by atoms with Gasteiger partial charge in [-0.25, -0.2) is 13.4 Å². The van der Waals surface area contributed by atoms with Gasteiger partial charge >= 0.3 is 0 Å². The molecular formula is C27H33N3O6S2. The average Bonchev–Trinajstić information content (AvgIpc) is 3.63. The molecule has 38 heavy (non-hydrogen) atoms. The summed E-state index contributed by atoms with van der Waals surface area (Å²) in [5.74, 6) is 1.75. The molecule has 9 nitrogen and oxygen atoms in total. The van der Waals surface area contributed by atoms with E-state index in [1.807, 2.05) is 12.1 Å². The van der Waals surface area contributed by atoms with Gasteiger partial charge in [0.25, 0.3) is 0 Å². The smallest absolute Gasteiger partial charge is 0.243 e. The standard InChI is InChI=1S/C27H33N3O6S2/c1-33-24-16-19(17-25(34-2)26(24)35-3)23-18-37-27(30(23)21-6-4-5-7-21)28-20-8-10-22(11-9-20)38(31,32)29-12-14-36-15-13-29/h8-11,16-18,21H,4-7,12-15H2,1-3H3. The number of morpholine rings is 1. The number of ether oxygens (including phenoxy) is 4. The molecular weight excluding hydrogens is 526 g/mol. The van der Waals surface area contributed by atoms with Crippen molar-refractivity contribution >= 4 is 27.0 Å². The van der Waals surface area contributed by atoms with Crippen LogP contribution in [0.2, 0.25) is 0 Å². The zero-order valence-electron chi connectivity index (χ0n) is 21.9. The number of nitrogens with zero attached hydrogens (tertiary/aromatic N) is 3. The van der Waals surface area contributed by atoms with Gasteiger partial charge in [-0.3, -0.25) is 0 Å². The molecule has 0 bridgehead atoms. The number of thiazole rings is 1. The number of benzene rings is 2. The second kappa shape index (κ2) is 11.5. The molecule has 0 atom stereocenters. The third kappa shape index (κ3) is 5.20. The van der Waals surface area contributed by atoms with Gasteiger partial charge in [-0.05, 0) is 49.2 Å². The number of hydrogen-bond acceptors (Lipinski definition) is 8. The molecule has 204 valence electrons. The Balaban J connectivity index is 1.54. The summed E-state index contributed by atoms with van der Waals surface area (Å²) in [5.41, 5.74) is 2.69. The van der Waals surface area contributed by atoms with E-state index in [1.165, 1.54) is 17.1 Å². The molecule has 1 aliphatic carbocycles. The number of methoxy groups -OCH3 is 3. The maximum atomic E-state index is 13.0. The molecule has 0 radical (unpaired) electrons. The monoisotopic (exact) mass is 559 g/mol. The van der Waals surface area contributed by atoms with E-state index in [0.29, 0.717) is 55.3 Å². The van der Waals surface area contributed by atoms with Crippen LogP contribution >= 0.6 is 11.3 Å². The minimum atomic E-state index is -3.55. The average molecular weight is 560 g/mol. The van der Waals surface area contributed by atoms with Crippen LogP contribution in [0.3, 0.4) is 0 Å². The van der Waals surface area contributed by atoms with Crippen molar-refractivity contribution in [1.29, 1.82) is 0 Å². The van der Waals surface area contributed by atoms with E-state index < -0.39 is 10.0 Å². The molecule has 0 amide bonds. The fourth-order valence-electron chi connectivity index (χ4n) is 5.10. The Hall–Kier alpha value is -2.86. The van der Waals surface area contributed by atoms with Crippen molar-refractivity contribution in [1.82, 2.24) is 8.87 Å². The molecule has 0 spiro atoms. The number of aromatic nitrogens is 1. The summed E-state index contributed by atoms with van der Waals surface area (Å²) in [4.78, 5) is 6.09. The van der Waals surface area contributed by atoms with Crippen molar-refractivity contribution in [3.05, 3.63) is 46.6 Å². The lowest BCUT2D eigenvalue weighted by atomic mass is 10.1. The predicted molar refractivity (Wildman–Crippen MR) is 146 cm³/mol. The van der Waals surface area contributed by atoms with Crippen molar-refractivity contribution in [2.24, 2.45) is 4.99 Å². The SMILES string of the molecule is COc1cc(-c2csc(=Nc3ccc(S(=O)(=O)N4CCOCC4)cc3)n2C2CCCC2)cc(OC)c1OC. The van der Waals surface area contributed by atoms with E-state index in [-0.39, 0.29) is 4.90 Å². The predicted octanol–water partition coefficient (Wildman–Crippen LogP) is 4.61. The van der Waals surface area contributed by atoms with Crippen molar-refractivity contribution < 1.29 is 27.4 Å². The van der Waals surface area contributed by atoms with E-state index in [1.54, 1.807) is 56.9 Å². The molecule has 11 heteroatoms. The summed E-state index contributed by atoms with van der Waals surface area (Å²) in [7, 11) is 1.28. The van der Waals surface area contributed by atoms with Crippen molar-refractivity contribution in [3.63, 3.8) is 0 Å². The van der Waals surface area contributed by atoms with E-state index in [9.17, 15) is 8.42 Å². The molecule has 5 rings (SSSR count). The lowest BCUT2D eigenvalue weighted by Gasteiger charge is -2.26. The van der Waals surface area contributed by atoms with Crippen molar-refractivity contribution in [2.75, 3.05) is 47.6 Å². The minimum absolute atomic E-state index is 0.270. The topological polar surface area (TPSA) is 91.6 Å². The van der Waals surface area contributed by atoms with Crippen LogP contribution in [0.1, 0.15) is 31.7 Å². The molecule has 0 N–H and O–H groups in total. The van der Waals surface area contributed by atoms with Gasteiger partial charge in [-0.2, -0.15) is 4.31 Å². The van der Waals surface area contributed by atoms with Gasteiger partial charge in [0.15, 0.2) is 16.3 Å². The van der Waals surface area contributed by atoms with Gasteiger partial charge in [-0.1, -0.05) is 12.8 Å². The van der Waals surface area contributed by atoms with Crippen LogP contribution < -0.4 is 19.0 Å². The third-order valence-electron chi connectivity index (χ3n) is 7.06. The third-order valence-corrected chi connectivity index (χ3v) is 9.81.